The van der Waals surface area contributed by atoms with Gasteiger partial charge in [0.05, 0.1) is 16.8 Å². The first-order chi connectivity index (χ1) is 12.5. The van der Waals surface area contributed by atoms with E-state index in [4.69, 9.17) is 5.73 Å². The van der Waals surface area contributed by atoms with E-state index in [1.54, 1.807) is 0 Å². The zero-order valence-corrected chi connectivity index (χ0v) is 15.8. The van der Waals surface area contributed by atoms with Gasteiger partial charge < -0.3 is 10.6 Å². The number of amides is 1. The minimum absolute atomic E-state index is 0.0260. The molecule has 134 valence electrons. The quantitative estimate of drug-likeness (QED) is 0.740. The smallest absolute Gasteiger partial charge is 0.266 e. The molecule has 2 aromatic heterocycles. The molecule has 4 rings (SSSR count). The molecule has 2 N–H and O–H groups in total. The first-order valence-corrected chi connectivity index (χ1v) is 9.77. The Morgan fingerprint density at radius 3 is 2.58 bits per heavy atom. The maximum Gasteiger partial charge on any atom is 0.266 e. The number of rotatable bonds is 2. The molecule has 3 aromatic rings. The van der Waals surface area contributed by atoms with E-state index >= 15 is 0 Å². The molecule has 1 fully saturated rings. The number of thiophene rings is 1. The minimum Gasteiger partial charge on any atom is -0.397 e. The van der Waals surface area contributed by atoms with E-state index in [0.29, 0.717) is 22.3 Å². The number of carbonyl (C=O) groups is 1. The molecule has 0 bridgehead atoms. The van der Waals surface area contributed by atoms with Gasteiger partial charge in [0, 0.05) is 18.7 Å². The molecule has 3 heterocycles. The van der Waals surface area contributed by atoms with Gasteiger partial charge in [-0.1, -0.05) is 37.3 Å². The van der Waals surface area contributed by atoms with Gasteiger partial charge in [0.15, 0.2) is 5.82 Å². The number of anilines is 1. The number of aromatic nitrogens is 2. The average molecular weight is 366 g/mol. The standard InChI is InChI=1S/C20H22N4OS/c1-12-8-10-24(11-9-12)20(25)17-16(21)15-13(2)22-18(23-19(15)26-17)14-6-4-3-5-7-14/h3-7,12H,8-11,21H2,1-2H3. The summed E-state index contributed by atoms with van der Waals surface area (Å²) in [5, 5.41) is 0.809. The molecule has 1 aromatic carbocycles. The lowest BCUT2D eigenvalue weighted by molar-refractivity contribution is 0.0703. The van der Waals surface area contributed by atoms with Crippen molar-refractivity contribution in [2.24, 2.45) is 5.92 Å². The number of likely N-dealkylation sites (tertiary alicyclic amines) is 1. The number of nitrogen functional groups attached to an aromatic ring is 1. The Morgan fingerprint density at radius 2 is 1.88 bits per heavy atom. The third-order valence-electron chi connectivity index (χ3n) is 5.07. The second-order valence-corrected chi connectivity index (χ2v) is 8.00. The SMILES string of the molecule is Cc1nc(-c2ccccc2)nc2sc(C(=O)N3CCC(C)CC3)c(N)c12. The fraction of sp³-hybridized carbons (Fsp3) is 0.350. The Morgan fingerprint density at radius 1 is 1.19 bits per heavy atom. The highest BCUT2D eigenvalue weighted by Gasteiger charge is 2.26. The number of piperidine rings is 1. The molecule has 26 heavy (non-hydrogen) atoms. The van der Waals surface area contributed by atoms with Crippen LogP contribution in [0.4, 0.5) is 5.69 Å². The Labute approximate surface area is 156 Å². The fourth-order valence-corrected chi connectivity index (χ4v) is 4.54. The van der Waals surface area contributed by atoms with Crippen molar-refractivity contribution in [3.63, 3.8) is 0 Å². The lowest BCUT2D eigenvalue weighted by Gasteiger charge is -2.30. The van der Waals surface area contributed by atoms with Crippen LogP contribution in [0.2, 0.25) is 0 Å². The summed E-state index contributed by atoms with van der Waals surface area (Å²) in [5.74, 6) is 1.38. The molecule has 0 radical (unpaired) electrons. The number of aryl methyl sites for hydroxylation is 1. The maximum absolute atomic E-state index is 13.0. The van der Waals surface area contributed by atoms with E-state index in [9.17, 15) is 4.79 Å². The molecule has 0 spiro atoms. The van der Waals surface area contributed by atoms with Gasteiger partial charge in [-0.3, -0.25) is 4.79 Å². The molecule has 1 saturated heterocycles. The lowest BCUT2D eigenvalue weighted by Crippen LogP contribution is -2.37. The summed E-state index contributed by atoms with van der Waals surface area (Å²) in [6.45, 7) is 5.76. The normalized spacial score (nSPS) is 15.5. The fourth-order valence-electron chi connectivity index (χ4n) is 3.43. The van der Waals surface area contributed by atoms with E-state index in [-0.39, 0.29) is 5.91 Å². The molecule has 1 aliphatic rings. The second kappa shape index (κ2) is 6.68. The van der Waals surface area contributed by atoms with Crippen molar-refractivity contribution >= 4 is 33.1 Å². The van der Waals surface area contributed by atoms with Gasteiger partial charge in [-0.2, -0.15) is 0 Å². The third kappa shape index (κ3) is 2.94. The van der Waals surface area contributed by atoms with Crippen LogP contribution < -0.4 is 5.73 Å². The number of nitrogens with two attached hydrogens (primary N) is 1. The molecule has 5 nitrogen and oxygen atoms in total. The Kier molecular flexibility index (Phi) is 4.36. The van der Waals surface area contributed by atoms with Crippen molar-refractivity contribution in [3.8, 4) is 11.4 Å². The zero-order valence-electron chi connectivity index (χ0n) is 15.0. The number of carbonyl (C=O) groups excluding carboxylic acids is 1. The lowest BCUT2D eigenvalue weighted by atomic mass is 9.99. The van der Waals surface area contributed by atoms with Crippen molar-refractivity contribution in [3.05, 3.63) is 40.9 Å². The third-order valence-corrected chi connectivity index (χ3v) is 6.15. The molecule has 0 unspecified atom stereocenters. The number of fused-ring (bicyclic) bond motifs is 1. The Balaban J connectivity index is 1.74. The number of nitrogens with zero attached hydrogens (tertiary/aromatic N) is 3. The number of hydrogen-bond donors (Lipinski definition) is 1. The van der Waals surface area contributed by atoms with Gasteiger partial charge in [-0.15, -0.1) is 11.3 Å². The first kappa shape index (κ1) is 17.0. The van der Waals surface area contributed by atoms with E-state index in [0.717, 1.165) is 47.4 Å². The van der Waals surface area contributed by atoms with E-state index in [2.05, 4.69) is 16.9 Å². The van der Waals surface area contributed by atoms with Crippen LogP contribution in [-0.4, -0.2) is 33.9 Å². The van der Waals surface area contributed by atoms with Crippen LogP contribution in [0.3, 0.4) is 0 Å². The van der Waals surface area contributed by atoms with E-state index in [1.165, 1.54) is 11.3 Å². The number of benzene rings is 1. The summed E-state index contributed by atoms with van der Waals surface area (Å²) in [6, 6.07) is 9.87. The van der Waals surface area contributed by atoms with Crippen LogP contribution in [0.25, 0.3) is 21.6 Å². The number of hydrogen-bond acceptors (Lipinski definition) is 5. The topological polar surface area (TPSA) is 72.1 Å². The average Bonchev–Trinajstić information content (AvgIpc) is 2.99. The van der Waals surface area contributed by atoms with Crippen molar-refractivity contribution in [1.82, 2.24) is 14.9 Å². The maximum atomic E-state index is 13.0. The van der Waals surface area contributed by atoms with Crippen molar-refractivity contribution in [1.29, 1.82) is 0 Å². The Hall–Kier alpha value is -2.47. The largest absolute Gasteiger partial charge is 0.397 e. The highest BCUT2D eigenvalue weighted by Crippen LogP contribution is 2.36. The monoisotopic (exact) mass is 366 g/mol. The van der Waals surface area contributed by atoms with E-state index in [1.807, 2.05) is 42.2 Å². The second-order valence-electron chi connectivity index (χ2n) is 7.00. The minimum atomic E-state index is 0.0260. The molecule has 0 aliphatic carbocycles. The molecular weight excluding hydrogens is 344 g/mol. The summed E-state index contributed by atoms with van der Waals surface area (Å²) in [6.07, 6.45) is 2.10. The summed E-state index contributed by atoms with van der Waals surface area (Å²) in [5.41, 5.74) is 8.64. The highest BCUT2D eigenvalue weighted by atomic mass is 32.1. The van der Waals surface area contributed by atoms with Crippen LogP contribution in [0, 0.1) is 12.8 Å². The van der Waals surface area contributed by atoms with Crippen LogP contribution in [0.15, 0.2) is 30.3 Å². The Bertz CT molecular complexity index is 959. The van der Waals surface area contributed by atoms with Crippen LogP contribution >= 0.6 is 11.3 Å². The summed E-state index contributed by atoms with van der Waals surface area (Å²) >= 11 is 1.38. The summed E-state index contributed by atoms with van der Waals surface area (Å²) in [4.78, 5) is 25.6. The van der Waals surface area contributed by atoms with Gasteiger partial charge in [-0.25, -0.2) is 9.97 Å². The highest BCUT2D eigenvalue weighted by molar-refractivity contribution is 7.21. The van der Waals surface area contributed by atoms with Gasteiger partial charge in [-0.05, 0) is 25.7 Å². The van der Waals surface area contributed by atoms with Crippen molar-refractivity contribution in [2.45, 2.75) is 26.7 Å². The zero-order chi connectivity index (χ0) is 18.3. The van der Waals surface area contributed by atoms with Crippen LogP contribution in [-0.2, 0) is 0 Å². The predicted molar refractivity (Wildman–Crippen MR) is 106 cm³/mol. The van der Waals surface area contributed by atoms with Gasteiger partial charge >= 0.3 is 0 Å². The molecule has 0 atom stereocenters. The van der Waals surface area contributed by atoms with Gasteiger partial charge in [0.2, 0.25) is 0 Å². The van der Waals surface area contributed by atoms with Gasteiger partial charge in [0.25, 0.3) is 5.91 Å². The van der Waals surface area contributed by atoms with Gasteiger partial charge in [0.1, 0.15) is 9.71 Å². The van der Waals surface area contributed by atoms with Crippen LogP contribution in [0.1, 0.15) is 35.1 Å². The molecular formula is C20H22N4OS. The molecule has 1 aliphatic heterocycles. The van der Waals surface area contributed by atoms with Crippen LogP contribution in [0.5, 0.6) is 0 Å². The molecule has 6 heteroatoms. The first-order valence-electron chi connectivity index (χ1n) is 8.96. The van der Waals surface area contributed by atoms with Crippen molar-refractivity contribution in [2.75, 3.05) is 18.8 Å². The predicted octanol–water partition coefficient (Wildman–Crippen LogP) is 4.12. The summed E-state index contributed by atoms with van der Waals surface area (Å²) < 4.78 is 0. The molecule has 1 amide bonds. The van der Waals surface area contributed by atoms with Crippen molar-refractivity contribution < 1.29 is 4.79 Å². The summed E-state index contributed by atoms with van der Waals surface area (Å²) in [7, 11) is 0. The van der Waals surface area contributed by atoms with E-state index < -0.39 is 0 Å². The molecule has 0 saturated carbocycles.